The van der Waals surface area contributed by atoms with Gasteiger partial charge in [-0.25, -0.2) is 0 Å². The second kappa shape index (κ2) is 7.15. The fourth-order valence-corrected chi connectivity index (χ4v) is 3.77. The summed E-state index contributed by atoms with van der Waals surface area (Å²) in [5.74, 6) is 2.17. The molecule has 1 atom stereocenters. The van der Waals surface area contributed by atoms with E-state index in [2.05, 4.69) is 27.3 Å². The van der Waals surface area contributed by atoms with E-state index in [-0.39, 0.29) is 6.04 Å². The molecule has 0 amide bonds. The van der Waals surface area contributed by atoms with Crippen LogP contribution >= 0.6 is 27.3 Å². The molecule has 0 saturated heterocycles. The third-order valence-corrected chi connectivity index (χ3v) is 4.90. The Morgan fingerprint density at radius 1 is 1.05 bits per heavy atom. The predicted octanol–water partition coefficient (Wildman–Crippen LogP) is 3.85. The number of nitrogens with one attached hydrogen (secondary N) is 1. The minimum atomic E-state index is -0.0166. The summed E-state index contributed by atoms with van der Waals surface area (Å²) in [4.78, 5) is 1.17. The van der Waals surface area contributed by atoms with E-state index < -0.39 is 0 Å². The average molecular weight is 372 g/mol. The Balaban J connectivity index is 2.58. The number of methoxy groups -OCH3 is 3. The summed E-state index contributed by atoms with van der Waals surface area (Å²) in [6.45, 7) is 0. The van der Waals surface area contributed by atoms with Crippen molar-refractivity contribution in [2.75, 3.05) is 28.4 Å². The zero-order chi connectivity index (χ0) is 15.4. The molecule has 0 spiro atoms. The van der Waals surface area contributed by atoms with E-state index >= 15 is 0 Å². The molecule has 0 saturated carbocycles. The van der Waals surface area contributed by atoms with E-state index in [1.807, 2.05) is 25.2 Å². The topological polar surface area (TPSA) is 39.7 Å². The molecule has 0 fully saturated rings. The molecule has 0 radical (unpaired) electrons. The Hall–Kier alpha value is -1.24. The van der Waals surface area contributed by atoms with Gasteiger partial charge in [0.15, 0.2) is 0 Å². The Morgan fingerprint density at radius 3 is 2.05 bits per heavy atom. The van der Waals surface area contributed by atoms with Crippen LogP contribution in [0.2, 0.25) is 0 Å². The Morgan fingerprint density at radius 2 is 1.67 bits per heavy atom. The van der Waals surface area contributed by atoms with Crippen molar-refractivity contribution in [3.63, 3.8) is 0 Å². The van der Waals surface area contributed by atoms with Gasteiger partial charge in [0.05, 0.1) is 36.7 Å². The number of thiophene rings is 1. The van der Waals surface area contributed by atoms with Gasteiger partial charge in [0, 0.05) is 17.0 Å². The summed E-state index contributed by atoms with van der Waals surface area (Å²) in [5.41, 5.74) is 0.956. The van der Waals surface area contributed by atoms with Crippen LogP contribution in [0, 0.1) is 0 Å². The minimum absolute atomic E-state index is 0.0166. The van der Waals surface area contributed by atoms with Crippen molar-refractivity contribution >= 4 is 27.3 Å². The van der Waals surface area contributed by atoms with Crippen LogP contribution in [0.4, 0.5) is 0 Å². The molecule has 0 bridgehead atoms. The summed E-state index contributed by atoms with van der Waals surface area (Å²) < 4.78 is 17.4. The number of ether oxygens (including phenoxy) is 3. The van der Waals surface area contributed by atoms with Crippen LogP contribution in [0.25, 0.3) is 0 Å². The van der Waals surface area contributed by atoms with E-state index in [1.165, 1.54) is 4.88 Å². The first-order valence-corrected chi connectivity index (χ1v) is 7.98. The maximum Gasteiger partial charge on any atom is 0.131 e. The van der Waals surface area contributed by atoms with Gasteiger partial charge in [-0.3, -0.25) is 0 Å². The van der Waals surface area contributed by atoms with Gasteiger partial charge in [-0.15, -0.1) is 11.3 Å². The molecule has 6 heteroatoms. The van der Waals surface area contributed by atoms with E-state index in [4.69, 9.17) is 14.2 Å². The normalized spacial score (nSPS) is 12.0. The highest BCUT2D eigenvalue weighted by atomic mass is 79.9. The summed E-state index contributed by atoms with van der Waals surface area (Å²) in [7, 11) is 6.84. The molecule has 2 aromatic rings. The lowest BCUT2D eigenvalue weighted by Gasteiger charge is -2.22. The van der Waals surface area contributed by atoms with Gasteiger partial charge in [-0.05, 0) is 35.1 Å². The standard InChI is InChI=1S/C15H18BrNO3S/c1-17-15(12-5-6-13(16)21-12)14-10(19-3)7-9(18-2)8-11(14)20-4/h5-8,15,17H,1-4H3. The Bertz CT molecular complexity index is 590. The van der Waals surface area contributed by atoms with Gasteiger partial charge < -0.3 is 19.5 Å². The second-order valence-corrected chi connectivity index (χ2v) is 6.80. The van der Waals surface area contributed by atoms with Crippen LogP contribution in [-0.2, 0) is 0 Å². The maximum absolute atomic E-state index is 5.53. The molecule has 2 rings (SSSR count). The predicted molar refractivity (Wildman–Crippen MR) is 89.0 cm³/mol. The van der Waals surface area contributed by atoms with Gasteiger partial charge in [-0.1, -0.05) is 0 Å². The average Bonchev–Trinajstić information content (AvgIpc) is 2.94. The number of hydrogen-bond donors (Lipinski definition) is 1. The molecule has 4 nitrogen and oxygen atoms in total. The highest BCUT2D eigenvalue weighted by Crippen LogP contribution is 2.42. The molecule has 21 heavy (non-hydrogen) atoms. The molecule has 1 aromatic heterocycles. The van der Waals surface area contributed by atoms with E-state index in [1.54, 1.807) is 32.7 Å². The van der Waals surface area contributed by atoms with Crippen molar-refractivity contribution in [1.29, 1.82) is 0 Å². The smallest absolute Gasteiger partial charge is 0.131 e. The third kappa shape index (κ3) is 3.33. The van der Waals surface area contributed by atoms with Gasteiger partial charge in [0.2, 0.25) is 0 Å². The van der Waals surface area contributed by atoms with Crippen LogP contribution in [0.3, 0.4) is 0 Å². The maximum atomic E-state index is 5.53. The molecule has 114 valence electrons. The summed E-state index contributed by atoms with van der Waals surface area (Å²) in [6.07, 6.45) is 0. The van der Waals surface area contributed by atoms with Crippen molar-refractivity contribution in [2.45, 2.75) is 6.04 Å². The first-order chi connectivity index (χ1) is 10.1. The van der Waals surface area contributed by atoms with Crippen molar-refractivity contribution in [3.05, 3.63) is 38.5 Å². The first-order valence-electron chi connectivity index (χ1n) is 6.37. The van der Waals surface area contributed by atoms with Crippen LogP contribution < -0.4 is 19.5 Å². The third-order valence-electron chi connectivity index (χ3n) is 3.21. The van der Waals surface area contributed by atoms with Crippen molar-refractivity contribution in [1.82, 2.24) is 5.32 Å². The summed E-state index contributed by atoms with van der Waals surface area (Å²) >= 11 is 5.18. The van der Waals surface area contributed by atoms with Crippen LogP contribution in [0.5, 0.6) is 17.2 Å². The highest BCUT2D eigenvalue weighted by molar-refractivity contribution is 9.11. The van der Waals surface area contributed by atoms with Crippen molar-refractivity contribution in [2.24, 2.45) is 0 Å². The van der Waals surface area contributed by atoms with Crippen LogP contribution in [-0.4, -0.2) is 28.4 Å². The van der Waals surface area contributed by atoms with E-state index in [0.717, 1.165) is 20.8 Å². The number of halogens is 1. The lowest BCUT2D eigenvalue weighted by molar-refractivity contribution is 0.364. The Labute approximate surface area is 137 Å². The first kappa shape index (κ1) is 16.1. The summed E-state index contributed by atoms with van der Waals surface area (Å²) in [5, 5.41) is 3.32. The molecular formula is C15H18BrNO3S. The molecule has 1 heterocycles. The van der Waals surface area contributed by atoms with E-state index in [0.29, 0.717) is 5.75 Å². The Kier molecular flexibility index (Phi) is 5.50. The molecule has 1 aromatic carbocycles. The van der Waals surface area contributed by atoms with Gasteiger partial charge in [0.25, 0.3) is 0 Å². The minimum Gasteiger partial charge on any atom is -0.496 e. The fraction of sp³-hybridized carbons (Fsp3) is 0.333. The van der Waals surface area contributed by atoms with Gasteiger partial charge in [0.1, 0.15) is 17.2 Å². The molecule has 1 N–H and O–H groups in total. The lowest BCUT2D eigenvalue weighted by Crippen LogP contribution is -2.18. The number of benzene rings is 1. The quantitative estimate of drug-likeness (QED) is 0.836. The zero-order valence-electron chi connectivity index (χ0n) is 12.4. The lowest BCUT2D eigenvalue weighted by atomic mass is 10.0. The molecule has 1 unspecified atom stereocenters. The van der Waals surface area contributed by atoms with Crippen LogP contribution in [0.15, 0.2) is 28.1 Å². The van der Waals surface area contributed by atoms with Crippen molar-refractivity contribution < 1.29 is 14.2 Å². The van der Waals surface area contributed by atoms with E-state index in [9.17, 15) is 0 Å². The summed E-state index contributed by atoms with van der Waals surface area (Å²) in [6, 6.07) is 7.83. The number of hydrogen-bond acceptors (Lipinski definition) is 5. The zero-order valence-corrected chi connectivity index (χ0v) is 14.8. The second-order valence-electron chi connectivity index (χ2n) is 4.31. The molecule has 0 aliphatic rings. The SMILES string of the molecule is CNC(c1ccc(Br)s1)c1c(OC)cc(OC)cc1OC. The van der Waals surface area contributed by atoms with Crippen LogP contribution in [0.1, 0.15) is 16.5 Å². The number of rotatable bonds is 6. The largest absolute Gasteiger partial charge is 0.496 e. The molecular weight excluding hydrogens is 354 g/mol. The molecule has 0 aliphatic heterocycles. The van der Waals surface area contributed by atoms with Gasteiger partial charge in [-0.2, -0.15) is 0 Å². The monoisotopic (exact) mass is 371 g/mol. The fourth-order valence-electron chi connectivity index (χ4n) is 2.23. The molecule has 0 aliphatic carbocycles. The van der Waals surface area contributed by atoms with Gasteiger partial charge >= 0.3 is 0 Å². The highest BCUT2D eigenvalue weighted by Gasteiger charge is 2.24. The van der Waals surface area contributed by atoms with Crippen molar-refractivity contribution in [3.8, 4) is 17.2 Å².